The molecule has 5 nitrogen and oxygen atoms in total. The number of aryl methyl sites for hydroxylation is 1. The SMILES string of the molecule is O=C(NCCc1cccc(=O)[nH]1)c1ccc2c(c1)CCCO2. The van der Waals surface area contributed by atoms with E-state index in [0.717, 1.165) is 36.5 Å². The number of hydrogen-bond acceptors (Lipinski definition) is 3. The van der Waals surface area contributed by atoms with E-state index in [1.54, 1.807) is 12.1 Å². The standard InChI is InChI=1S/C17H18N2O3/c20-16-5-1-4-14(19-16)8-9-18-17(21)13-6-7-15-12(11-13)3-2-10-22-15/h1,4-7,11H,2-3,8-10H2,(H,18,21)(H,19,20). The van der Waals surface area contributed by atoms with Crippen LogP contribution in [-0.2, 0) is 12.8 Å². The first kappa shape index (κ1) is 14.4. The zero-order valence-electron chi connectivity index (χ0n) is 12.2. The number of aromatic amines is 1. The Hall–Kier alpha value is -2.56. The monoisotopic (exact) mass is 298 g/mol. The summed E-state index contributed by atoms with van der Waals surface area (Å²) in [6, 6.07) is 10.6. The normalized spacial score (nSPS) is 13.1. The van der Waals surface area contributed by atoms with E-state index < -0.39 is 0 Å². The van der Waals surface area contributed by atoms with Gasteiger partial charge in [-0.3, -0.25) is 9.59 Å². The van der Waals surface area contributed by atoms with Gasteiger partial charge < -0.3 is 15.0 Å². The van der Waals surface area contributed by atoms with Crippen LogP contribution in [0, 0.1) is 0 Å². The Kier molecular flexibility index (Phi) is 4.23. The summed E-state index contributed by atoms with van der Waals surface area (Å²) in [5.74, 6) is 0.774. The summed E-state index contributed by atoms with van der Waals surface area (Å²) in [7, 11) is 0. The molecule has 2 heterocycles. The summed E-state index contributed by atoms with van der Waals surface area (Å²) in [6.07, 6.45) is 2.52. The Labute approximate surface area is 128 Å². The lowest BCUT2D eigenvalue weighted by atomic mass is 10.0. The maximum absolute atomic E-state index is 12.2. The van der Waals surface area contributed by atoms with Crippen molar-refractivity contribution < 1.29 is 9.53 Å². The van der Waals surface area contributed by atoms with E-state index in [1.165, 1.54) is 6.07 Å². The van der Waals surface area contributed by atoms with Crippen molar-refractivity contribution in [3.8, 4) is 5.75 Å². The van der Waals surface area contributed by atoms with E-state index in [4.69, 9.17) is 4.74 Å². The van der Waals surface area contributed by atoms with Crippen LogP contribution in [0.2, 0.25) is 0 Å². The quantitative estimate of drug-likeness (QED) is 0.902. The second kappa shape index (κ2) is 6.47. The minimum Gasteiger partial charge on any atom is -0.493 e. The van der Waals surface area contributed by atoms with Crippen molar-refractivity contribution in [3.63, 3.8) is 0 Å². The van der Waals surface area contributed by atoms with Crippen LogP contribution in [0.25, 0.3) is 0 Å². The van der Waals surface area contributed by atoms with Crippen molar-refractivity contribution in [2.24, 2.45) is 0 Å². The van der Waals surface area contributed by atoms with Gasteiger partial charge in [-0.15, -0.1) is 0 Å². The second-order valence-electron chi connectivity index (χ2n) is 5.32. The maximum atomic E-state index is 12.2. The third-order valence-electron chi connectivity index (χ3n) is 3.68. The molecule has 0 saturated carbocycles. The van der Waals surface area contributed by atoms with Gasteiger partial charge in [-0.2, -0.15) is 0 Å². The molecule has 1 aliphatic heterocycles. The molecule has 0 unspecified atom stereocenters. The van der Waals surface area contributed by atoms with Crippen molar-refractivity contribution in [1.29, 1.82) is 0 Å². The highest BCUT2D eigenvalue weighted by Crippen LogP contribution is 2.25. The lowest BCUT2D eigenvalue weighted by molar-refractivity contribution is 0.0954. The number of carbonyl (C=O) groups excluding carboxylic acids is 1. The number of aromatic nitrogens is 1. The number of nitrogens with one attached hydrogen (secondary N) is 2. The Morgan fingerprint density at radius 2 is 2.18 bits per heavy atom. The largest absolute Gasteiger partial charge is 0.493 e. The fraction of sp³-hybridized carbons (Fsp3) is 0.294. The fourth-order valence-corrected chi connectivity index (χ4v) is 2.55. The van der Waals surface area contributed by atoms with Gasteiger partial charge in [0.25, 0.3) is 5.91 Å². The van der Waals surface area contributed by atoms with E-state index in [2.05, 4.69) is 10.3 Å². The molecule has 0 radical (unpaired) electrons. The molecule has 1 aromatic heterocycles. The summed E-state index contributed by atoms with van der Waals surface area (Å²) in [5, 5.41) is 2.87. The molecule has 1 aromatic carbocycles. The summed E-state index contributed by atoms with van der Waals surface area (Å²) in [6.45, 7) is 1.22. The zero-order chi connectivity index (χ0) is 15.4. The number of fused-ring (bicyclic) bond motifs is 1. The average molecular weight is 298 g/mol. The molecule has 0 bridgehead atoms. The predicted molar refractivity (Wildman–Crippen MR) is 83.4 cm³/mol. The first-order chi connectivity index (χ1) is 10.7. The molecule has 114 valence electrons. The van der Waals surface area contributed by atoms with Crippen LogP contribution < -0.4 is 15.6 Å². The van der Waals surface area contributed by atoms with Crippen molar-refractivity contribution in [2.75, 3.05) is 13.2 Å². The maximum Gasteiger partial charge on any atom is 0.251 e. The second-order valence-corrected chi connectivity index (χ2v) is 5.32. The van der Waals surface area contributed by atoms with Gasteiger partial charge in [-0.05, 0) is 42.7 Å². The molecule has 2 N–H and O–H groups in total. The average Bonchev–Trinajstić information content (AvgIpc) is 2.54. The number of hydrogen-bond donors (Lipinski definition) is 2. The van der Waals surface area contributed by atoms with Crippen LogP contribution in [0.1, 0.15) is 28.0 Å². The number of H-pyrrole nitrogens is 1. The molecule has 0 fully saturated rings. The molecule has 0 saturated heterocycles. The van der Waals surface area contributed by atoms with Crippen molar-refractivity contribution in [2.45, 2.75) is 19.3 Å². The van der Waals surface area contributed by atoms with E-state index >= 15 is 0 Å². The molecule has 5 heteroatoms. The Morgan fingerprint density at radius 3 is 3.05 bits per heavy atom. The Balaban J connectivity index is 1.59. The highest BCUT2D eigenvalue weighted by molar-refractivity contribution is 5.94. The zero-order valence-corrected chi connectivity index (χ0v) is 12.2. The first-order valence-corrected chi connectivity index (χ1v) is 7.44. The molecule has 1 aliphatic rings. The lowest BCUT2D eigenvalue weighted by Gasteiger charge is -2.17. The van der Waals surface area contributed by atoms with Gasteiger partial charge in [0.2, 0.25) is 5.56 Å². The van der Waals surface area contributed by atoms with Gasteiger partial charge in [0, 0.05) is 30.3 Å². The predicted octanol–water partition coefficient (Wildman–Crippen LogP) is 1.67. The van der Waals surface area contributed by atoms with E-state index in [1.807, 2.05) is 18.2 Å². The van der Waals surface area contributed by atoms with Crippen molar-refractivity contribution in [3.05, 3.63) is 63.6 Å². The minimum absolute atomic E-state index is 0.105. The lowest BCUT2D eigenvalue weighted by Crippen LogP contribution is -2.26. The van der Waals surface area contributed by atoms with E-state index in [-0.39, 0.29) is 11.5 Å². The molecule has 0 aliphatic carbocycles. The summed E-state index contributed by atoms with van der Waals surface area (Å²) in [5.41, 5.74) is 2.42. The van der Waals surface area contributed by atoms with Crippen LogP contribution in [0.5, 0.6) is 5.75 Å². The van der Waals surface area contributed by atoms with Crippen LogP contribution in [0.4, 0.5) is 0 Å². The Bertz CT molecular complexity index is 737. The first-order valence-electron chi connectivity index (χ1n) is 7.44. The molecule has 2 aromatic rings. The smallest absolute Gasteiger partial charge is 0.251 e. The summed E-state index contributed by atoms with van der Waals surface area (Å²) < 4.78 is 5.54. The number of pyridine rings is 1. The van der Waals surface area contributed by atoms with Gasteiger partial charge in [0.15, 0.2) is 0 Å². The molecule has 22 heavy (non-hydrogen) atoms. The molecule has 3 rings (SSSR count). The highest BCUT2D eigenvalue weighted by atomic mass is 16.5. The summed E-state index contributed by atoms with van der Waals surface area (Å²) in [4.78, 5) is 26.1. The molecule has 1 amide bonds. The number of carbonyl (C=O) groups is 1. The molecular formula is C17H18N2O3. The van der Waals surface area contributed by atoms with Crippen LogP contribution in [-0.4, -0.2) is 24.0 Å². The number of ether oxygens (including phenoxy) is 1. The topological polar surface area (TPSA) is 71.2 Å². The molecule has 0 spiro atoms. The molecule has 0 atom stereocenters. The van der Waals surface area contributed by atoms with Crippen LogP contribution in [0.3, 0.4) is 0 Å². The van der Waals surface area contributed by atoms with Gasteiger partial charge in [0.1, 0.15) is 5.75 Å². The van der Waals surface area contributed by atoms with E-state index in [9.17, 15) is 9.59 Å². The van der Waals surface area contributed by atoms with Crippen molar-refractivity contribution in [1.82, 2.24) is 10.3 Å². The molecular weight excluding hydrogens is 280 g/mol. The highest BCUT2D eigenvalue weighted by Gasteiger charge is 2.13. The number of rotatable bonds is 4. The van der Waals surface area contributed by atoms with E-state index in [0.29, 0.717) is 18.5 Å². The fourth-order valence-electron chi connectivity index (χ4n) is 2.55. The minimum atomic E-state index is -0.126. The van der Waals surface area contributed by atoms with Gasteiger partial charge in [-0.25, -0.2) is 0 Å². The van der Waals surface area contributed by atoms with Crippen LogP contribution in [0.15, 0.2) is 41.2 Å². The third kappa shape index (κ3) is 3.36. The van der Waals surface area contributed by atoms with Gasteiger partial charge >= 0.3 is 0 Å². The summed E-state index contributed by atoms with van der Waals surface area (Å²) >= 11 is 0. The van der Waals surface area contributed by atoms with Crippen LogP contribution >= 0.6 is 0 Å². The van der Waals surface area contributed by atoms with Crippen molar-refractivity contribution >= 4 is 5.91 Å². The Morgan fingerprint density at radius 1 is 1.27 bits per heavy atom. The number of benzene rings is 1. The third-order valence-corrected chi connectivity index (χ3v) is 3.68. The van der Waals surface area contributed by atoms with Gasteiger partial charge in [0.05, 0.1) is 6.61 Å². The van der Waals surface area contributed by atoms with Gasteiger partial charge in [-0.1, -0.05) is 6.07 Å². The number of amides is 1.